The van der Waals surface area contributed by atoms with Gasteiger partial charge in [0.25, 0.3) is 0 Å². The molecule has 0 aliphatic rings. The summed E-state index contributed by atoms with van der Waals surface area (Å²) < 4.78 is 28.3. The van der Waals surface area contributed by atoms with Gasteiger partial charge in [0.1, 0.15) is 0 Å². The maximum atomic E-state index is 13.4. The molecule has 0 spiro atoms. The Morgan fingerprint density at radius 1 is 1.35 bits per heavy atom. The predicted molar refractivity (Wildman–Crippen MR) is 63.8 cm³/mol. The number of hydrogen-bond donors (Lipinski definition) is 0. The van der Waals surface area contributed by atoms with Crippen LogP contribution in [0.1, 0.15) is 12.5 Å². The minimum Gasteiger partial charge on any atom is -0.326 e. The Labute approximate surface area is 103 Å². The summed E-state index contributed by atoms with van der Waals surface area (Å²) in [6.07, 6.45) is 3.57. The van der Waals surface area contributed by atoms with Crippen molar-refractivity contribution in [3.63, 3.8) is 0 Å². The van der Waals surface area contributed by atoms with Gasteiger partial charge in [0.05, 0.1) is 0 Å². The summed E-state index contributed by atoms with van der Waals surface area (Å²) in [4.78, 5) is 4.16. The van der Waals surface area contributed by atoms with Gasteiger partial charge in [-0.2, -0.15) is 0 Å². The molecule has 2 nitrogen and oxygen atoms in total. The second kappa shape index (κ2) is 5.31. The van der Waals surface area contributed by atoms with Crippen LogP contribution in [0, 0.1) is 11.6 Å². The second-order valence-corrected chi connectivity index (χ2v) is 4.44. The molecule has 1 heterocycles. The second-order valence-electron chi connectivity index (χ2n) is 3.50. The largest absolute Gasteiger partial charge is 0.326 e. The highest BCUT2D eigenvalue weighted by atomic mass is 32.2. The van der Waals surface area contributed by atoms with E-state index in [1.165, 1.54) is 17.8 Å². The Bertz CT molecular complexity index is 511. The zero-order valence-electron chi connectivity index (χ0n) is 9.36. The summed E-state index contributed by atoms with van der Waals surface area (Å²) in [6, 6.07) is 4.22. The van der Waals surface area contributed by atoms with Crippen LogP contribution in [-0.4, -0.2) is 9.55 Å². The lowest BCUT2D eigenvalue weighted by molar-refractivity contribution is 0.502. The molecule has 0 saturated heterocycles. The Hall–Kier alpha value is -1.36. The molecule has 0 N–H and O–H groups in total. The maximum Gasteiger partial charge on any atom is 0.168 e. The standard InChI is InChI=1S/C12H12F2N2S/c1-2-16-7-6-15-12(16)17-8-9-4-3-5-10(13)11(9)14/h3-7H,2,8H2,1H3. The number of imidazole rings is 1. The quantitative estimate of drug-likeness (QED) is 0.777. The van der Waals surface area contributed by atoms with E-state index in [0.717, 1.165) is 17.8 Å². The van der Waals surface area contributed by atoms with Crippen molar-refractivity contribution in [2.75, 3.05) is 0 Å². The van der Waals surface area contributed by atoms with Gasteiger partial charge in [-0.1, -0.05) is 23.9 Å². The first-order valence-electron chi connectivity index (χ1n) is 5.29. The first-order valence-corrected chi connectivity index (χ1v) is 6.27. The minimum atomic E-state index is -0.804. The van der Waals surface area contributed by atoms with E-state index in [9.17, 15) is 8.78 Å². The molecule has 17 heavy (non-hydrogen) atoms. The molecule has 0 fully saturated rings. The molecule has 0 aliphatic carbocycles. The third kappa shape index (κ3) is 2.66. The molecule has 1 aromatic carbocycles. The highest BCUT2D eigenvalue weighted by Gasteiger charge is 2.09. The van der Waals surface area contributed by atoms with Crippen molar-refractivity contribution >= 4 is 11.8 Å². The predicted octanol–water partition coefficient (Wildman–Crippen LogP) is 3.47. The number of thioether (sulfide) groups is 1. The molecular formula is C12H12F2N2S. The molecule has 0 aliphatic heterocycles. The van der Waals surface area contributed by atoms with E-state index < -0.39 is 11.6 Å². The average Bonchev–Trinajstić information content (AvgIpc) is 2.78. The monoisotopic (exact) mass is 254 g/mol. The lowest BCUT2D eigenvalue weighted by Crippen LogP contribution is -1.96. The van der Waals surface area contributed by atoms with E-state index >= 15 is 0 Å². The molecule has 0 atom stereocenters. The zero-order valence-corrected chi connectivity index (χ0v) is 10.2. The Morgan fingerprint density at radius 2 is 2.18 bits per heavy atom. The Morgan fingerprint density at radius 3 is 2.94 bits per heavy atom. The van der Waals surface area contributed by atoms with E-state index in [1.807, 2.05) is 17.7 Å². The molecular weight excluding hydrogens is 242 g/mol. The number of aromatic nitrogens is 2. The van der Waals surface area contributed by atoms with Gasteiger partial charge in [-0.15, -0.1) is 0 Å². The number of benzene rings is 1. The van der Waals surface area contributed by atoms with Gasteiger partial charge in [-0.3, -0.25) is 0 Å². The molecule has 5 heteroatoms. The summed E-state index contributed by atoms with van der Waals surface area (Å²) in [5, 5.41) is 0.816. The average molecular weight is 254 g/mol. The fraction of sp³-hybridized carbons (Fsp3) is 0.250. The van der Waals surface area contributed by atoms with Crippen molar-refractivity contribution < 1.29 is 8.78 Å². The van der Waals surface area contributed by atoms with Crippen molar-refractivity contribution in [1.29, 1.82) is 0 Å². The van der Waals surface area contributed by atoms with Gasteiger partial charge < -0.3 is 4.57 Å². The summed E-state index contributed by atoms with van der Waals surface area (Å²) in [7, 11) is 0. The van der Waals surface area contributed by atoms with E-state index in [4.69, 9.17) is 0 Å². The van der Waals surface area contributed by atoms with Crippen molar-refractivity contribution in [3.05, 3.63) is 47.8 Å². The number of hydrogen-bond acceptors (Lipinski definition) is 2. The van der Waals surface area contributed by atoms with Gasteiger partial charge in [0.2, 0.25) is 0 Å². The van der Waals surface area contributed by atoms with Crippen LogP contribution in [0.25, 0.3) is 0 Å². The first kappa shape index (κ1) is 12.1. The fourth-order valence-electron chi connectivity index (χ4n) is 1.48. The van der Waals surface area contributed by atoms with Gasteiger partial charge in [0.15, 0.2) is 16.8 Å². The van der Waals surface area contributed by atoms with E-state index in [-0.39, 0.29) is 0 Å². The first-order chi connectivity index (χ1) is 8.22. The van der Waals surface area contributed by atoms with Gasteiger partial charge >= 0.3 is 0 Å². The van der Waals surface area contributed by atoms with Crippen LogP contribution in [0.4, 0.5) is 8.78 Å². The zero-order chi connectivity index (χ0) is 12.3. The van der Waals surface area contributed by atoms with E-state index in [1.54, 1.807) is 12.3 Å². The molecule has 0 amide bonds. The van der Waals surface area contributed by atoms with E-state index in [0.29, 0.717) is 11.3 Å². The maximum absolute atomic E-state index is 13.4. The summed E-state index contributed by atoms with van der Waals surface area (Å²) in [6.45, 7) is 2.82. The van der Waals surface area contributed by atoms with Gasteiger partial charge in [0, 0.05) is 30.3 Å². The molecule has 2 aromatic rings. The lowest BCUT2D eigenvalue weighted by Gasteiger charge is -2.05. The number of aryl methyl sites for hydroxylation is 1. The summed E-state index contributed by atoms with van der Waals surface area (Å²) >= 11 is 1.40. The minimum absolute atomic E-state index is 0.362. The normalized spacial score (nSPS) is 10.8. The molecule has 0 bridgehead atoms. The van der Waals surface area contributed by atoms with Crippen molar-refractivity contribution in [2.24, 2.45) is 0 Å². The van der Waals surface area contributed by atoms with Crippen LogP contribution >= 0.6 is 11.8 Å². The van der Waals surface area contributed by atoms with Crippen LogP contribution in [0.5, 0.6) is 0 Å². The topological polar surface area (TPSA) is 17.8 Å². The third-order valence-electron chi connectivity index (χ3n) is 2.41. The van der Waals surface area contributed by atoms with Crippen molar-refractivity contribution in [2.45, 2.75) is 24.4 Å². The van der Waals surface area contributed by atoms with Gasteiger partial charge in [-0.05, 0) is 13.0 Å². The van der Waals surface area contributed by atoms with Crippen LogP contribution in [-0.2, 0) is 12.3 Å². The SMILES string of the molecule is CCn1ccnc1SCc1cccc(F)c1F. The van der Waals surface area contributed by atoms with Crippen molar-refractivity contribution in [1.82, 2.24) is 9.55 Å². The Balaban J connectivity index is 2.10. The highest BCUT2D eigenvalue weighted by molar-refractivity contribution is 7.98. The van der Waals surface area contributed by atoms with Gasteiger partial charge in [-0.25, -0.2) is 13.8 Å². The molecule has 0 radical (unpaired) electrons. The number of halogens is 2. The van der Waals surface area contributed by atoms with Crippen molar-refractivity contribution in [3.8, 4) is 0 Å². The fourth-order valence-corrected chi connectivity index (χ4v) is 2.48. The van der Waals surface area contributed by atoms with Crippen LogP contribution in [0.2, 0.25) is 0 Å². The molecule has 0 saturated carbocycles. The summed E-state index contributed by atoms with van der Waals surface area (Å²) in [5.74, 6) is -1.20. The Kier molecular flexibility index (Phi) is 3.78. The van der Waals surface area contributed by atoms with Crippen LogP contribution in [0.3, 0.4) is 0 Å². The third-order valence-corrected chi connectivity index (χ3v) is 3.46. The molecule has 1 aromatic heterocycles. The molecule has 90 valence electrons. The number of nitrogens with zero attached hydrogens (tertiary/aromatic N) is 2. The van der Waals surface area contributed by atoms with Crippen LogP contribution in [0.15, 0.2) is 35.7 Å². The lowest BCUT2D eigenvalue weighted by atomic mass is 10.2. The smallest absolute Gasteiger partial charge is 0.168 e. The molecule has 0 unspecified atom stereocenters. The number of rotatable bonds is 4. The van der Waals surface area contributed by atoms with Crippen LogP contribution < -0.4 is 0 Å². The molecule has 2 rings (SSSR count). The highest BCUT2D eigenvalue weighted by Crippen LogP contribution is 2.23. The summed E-state index contributed by atoms with van der Waals surface area (Å²) in [5.41, 5.74) is 0.362. The van der Waals surface area contributed by atoms with E-state index in [2.05, 4.69) is 4.98 Å².